The van der Waals surface area contributed by atoms with Crippen LogP contribution in [-0.2, 0) is 22.7 Å². The Bertz CT molecular complexity index is 946. The van der Waals surface area contributed by atoms with E-state index in [9.17, 15) is 14.0 Å². The monoisotopic (exact) mass is 366 g/mol. The van der Waals surface area contributed by atoms with Gasteiger partial charge in [-0.1, -0.05) is 55.1 Å². The second-order valence-corrected chi connectivity index (χ2v) is 6.02. The normalized spacial score (nSPS) is 10.2. The Hall–Kier alpha value is -3.05. The lowest BCUT2D eigenvalue weighted by Crippen LogP contribution is -2.04. The lowest BCUT2D eigenvalue weighted by molar-refractivity contribution is -0.123. The zero-order valence-corrected chi connectivity index (χ0v) is 15.5. The Morgan fingerprint density at radius 2 is 1.78 bits per heavy atom. The minimum absolute atomic E-state index is 0.167. The third-order valence-corrected chi connectivity index (χ3v) is 4.25. The number of allylic oxidation sites excluding steroid dienone is 1. The summed E-state index contributed by atoms with van der Waals surface area (Å²) in [5, 5.41) is 3.81. The minimum atomic E-state index is -1.55. The van der Waals surface area contributed by atoms with Gasteiger partial charge >= 0.3 is 6.04 Å². The summed E-state index contributed by atoms with van der Waals surface area (Å²) >= 11 is 0. The van der Waals surface area contributed by atoms with Gasteiger partial charge in [-0.25, -0.2) is 0 Å². The lowest BCUT2D eigenvalue weighted by atomic mass is 10.0. The van der Waals surface area contributed by atoms with Crippen molar-refractivity contribution in [2.75, 3.05) is 7.05 Å². The summed E-state index contributed by atoms with van der Waals surface area (Å²) in [6.07, 6.45) is 0.767. The molecule has 0 radical (unpaired) electrons. The van der Waals surface area contributed by atoms with Crippen LogP contribution in [0.4, 0.5) is 4.39 Å². The molecule has 0 aliphatic rings. The van der Waals surface area contributed by atoms with Gasteiger partial charge in [0, 0.05) is 28.7 Å². The maximum Gasteiger partial charge on any atom is 0.332 e. The number of carbonyl (C=O) groups excluding carboxylic acids is 2. The Labute approximate surface area is 158 Å². The third-order valence-electron chi connectivity index (χ3n) is 4.25. The van der Waals surface area contributed by atoms with Crippen molar-refractivity contribution in [2.24, 2.45) is 0 Å². The fraction of sp³-hybridized carbons (Fsp3) is 0.182. The maximum absolute atomic E-state index is 12.9. The van der Waals surface area contributed by atoms with Crippen LogP contribution in [0.3, 0.4) is 0 Å². The predicted molar refractivity (Wildman–Crippen MR) is 107 cm³/mol. The van der Waals surface area contributed by atoms with E-state index in [-0.39, 0.29) is 12.1 Å². The number of nitrogens with zero attached hydrogens (tertiary/aromatic N) is 1. The van der Waals surface area contributed by atoms with E-state index in [1.807, 2.05) is 37.4 Å². The molecular formula is C22H23FN2O2. The number of halogens is 1. The number of hydrogen-bond acceptors (Lipinski definition) is 3. The smallest absolute Gasteiger partial charge is 0.332 e. The molecular weight excluding hydrogens is 343 g/mol. The first-order valence-electron chi connectivity index (χ1n) is 8.60. The van der Waals surface area contributed by atoms with Gasteiger partial charge in [0.25, 0.3) is 0 Å². The van der Waals surface area contributed by atoms with Crippen molar-refractivity contribution in [1.82, 2.24) is 9.88 Å². The Kier molecular flexibility index (Phi) is 7.20. The molecule has 0 spiro atoms. The maximum atomic E-state index is 12.9. The van der Waals surface area contributed by atoms with Crippen molar-refractivity contribution in [3.63, 3.8) is 0 Å². The van der Waals surface area contributed by atoms with E-state index in [4.69, 9.17) is 0 Å². The molecule has 1 heterocycles. The van der Waals surface area contributed by atoms with Crippen molar-refractivity contribution in [3.8, 4) is 0 Å². The molecule has 4 nitrogen and oxygen atoms in total. The first-order valence-corrected chi connectivity index (χ1v) is 8.60. The second-order valence-electron chi connectivity index (χ2n) is 6.02. The van der Waals surface area contributed by atoms with E-state index in [0.717, 1.165) is 23.7 Å². The molecule has 0 amide bonds. The van der Waals surface area contributed by atoms with Crippen molar-refractivity contribution in [1.29, 1.82) is 0 Å². The van der Waals surface area contributed by atoms with Gasteiger partial charge in [-0.05, 0) is 25.6 Å². The zero-order chi connectivity index (χ0) is 19.8. The lowest BCUT2D eigenvalue weighted by Gasteiger charge is -2.03. The molecule has 1 N–H and O–H groups in total. The quantitative estimate of drug-likeness (QED) is 0.407. The molecule has 2 aromatic carbocycles. The number of para-hydroxylation sites is 1. The summed E-state index contributed by atoms with van der Waals surface area (Å²) in [6.45, 7) is 6.35. The van der Waals surface area contributed by atoms with Crippen molar-refractivity contribution in [3.05, 3.63) is 78.0 Å². The van der Waals surface area contributed by atoms with Crippen LogP contribution in [0, 0.1) is 6.92 Å². The van der Waals surface area contributed by atoms with Crippen molar-refractivity contribution >= 4 is 28.8 Å². The highest BCUT2D eigenvalue weighted by atomic mass is 19.1. The molecule has 0 bridgehead atoms. The molecule has 0 fully saturated rings. The first kappa shape index (κ1) is 20.3. The fourth-order valence-electron chi connectivity index (χ4n) is 3.02. The number of fused-ring (bicyclic) bond motifs is 1. The molecule has 0 saturated heterocycles. The number of nitrogens with one attached hydrogen (secondary N) is 1. The molecule has 0 aliphatic carbocycles. The van der Waals surface area contributed by atoms with Gasteiger partial charge in [0.1, 0.15) is 6.29 Å². The highest BCUT2D eigenvalue weighted by Gasteiger charge is 2.19. The largest absolute Gasteiger partial charge is 0.337 e. The first-order chi connectivity index (χ1) is 13.0. The summed E-state index contributed by atoms with van der Waals surface area (Å²) in [5.74, 6) is 0. The molecule has 27 heavy (non-hydrogen) atoms. The fourth-order valence-corrected chi connectivity index (χ4v) is 3.02. The summed E-state index contributed by atoms with van der Waals surface area (Å²) < 4.78 is 14.6. The van der Waals surface area contributed by atoms with Gasteiger partial charge in [-0.15, -0.1) is 0 Å². The number of rotatable bonds is 6. The summed E-state index contributed by atoms with van der Waals surface area (Å²) in [5.41, 5.74) is 3.09. The zero-order valence-electron chi connectivity index (χ0n) is 15.5. The molecule has 5 heteroatoms. The SMILES string of the molecule is C=C(C(=O)F)c1c(C)n(CC=O)c2ccccc12.CNCc1ccccc1. The summed E-state index contributed by atoms with van der Waals surface area (Å²) in [7, 11) is 1.95. The number of aldehydes is 1. The number of carbonyl (C=O) groups is 2. The van der Waals surface area contributed by atoms with E-state index in [2.05, 4.69) is 24.0 Å². The van der Waals surface area contributed by atoms with E-state index in [0.29, 0.717) is 11.3 Å². The second kappa shape index (κ2) is 9.59. The van der Waals surface area contributed by atoms with E-state index < -0.39 is 6.04 Å². The van der Waals surface area contributed by atoms with Crippen LogP contribution in [0.25, 0.3) is 16.5 Å². The van der Waals surface area contributed by atoms with Gasteiger partial charge in [0.2, 0.25) is 0 Å². The van der Waals surface area contributed by atoms with Crippen LogP contribution >= 0.6 is 0 Å². The van der Waals surface area contributed by atoms with Crippen molar-refractivity contribution < 1.29 is 14.0 Å². The Morgan fingerprint density at radius 3 is 2.37 bits per heavy atom. The van der Waals surface area contributed by atoms with E-state index in [1.54, 1.807) is 23.6 Å². The molecule has 0 saturated carbocycles. The standard InChI is InChI=1S/C14H12FNO2.C8H11N/c1-9(14(15)18)13-10(2)16(7-8-17)12-6-4-3-5-11(12)13;1-9-7-8-5-3-2-4-6-8/h3-6,8H,1,7H2,2H3;2-6,9H,7H2,1H3. The van der Waals surface area contributed by atoms with E-state index in [1.165, 1.54) is 5.56 Å². The van der Waals surface area contributed by atoms with Gasteiger partial charge in [0.15, 0.2) is 0 Å². The Morgan fingerprint density at radius 1 is 1.15 bits per heavy atom. The highest BCUT2D eigenvalue weighted by Crippen LogP contribution is 2.31. The predicted octanol–water partition coefficient (Wildman–Crippen LogP) is 4.06. The van der Waals surface area contributed by atoms with Crippen LogP contribution in [0.2, 0.25) is 0 Å². The van der Waals surface area contributed by atoms with Gasteiger partial charge in [-0.2, -0.15) is 4.39 Å². The van der Waals surface area contributed by atoms with Crippen LogP contribution < -0.4 is 5.32 Å². The summed E-state index contributed by atoms with van der Waals surface area (Å²) in [4.78, 5) is 21.6. The van der Waals surface area contributed by atoms with Crippen LogP contribution in [-0.4, -0.2) is 23.9 Å². The molecule has 0 aliphatic heterocycles. The number of benzene rings is 2. The average Bonchev–Trinajstić information content (AvgIpc) is 2.95. The highest BCUT2D eigenvalue weighted by molar-refractivity contribution is 6.19. The van der Waals surface area contributed by atoms with Gasteiger partial charge in [-0.3, -0.25) is 4.79 Å². The number of aromatic nitrogens is 1. The van der Waals surface area contributed by atoms with Crippen molar-refractivity contribution in [2.45, 2.75) is 20.0 Å². The molecule has 3 aromatic rings. The molecule has 140 valence electrons. The minimum Gasteiger partial charge on any atom is -0.337 e. The summed E-state index contributed by atoms with van der Waals surface area (Å²) in [6, 6.07) is 16.0. The molecule has 0 atom stereocenters. The van der Waals surface area contributed by atoms with Crippen LogP contribution in [0.5, 0.6) is 0 Å². The van der Waals surface area contributed by atoms with Crippen LogP contribution in [0.1, 0.15) is 16.8 Å². The third kappa shape index (κ3) is 4.77. The Balaban J connectivity index is 0.000000244. The van der Waals surface area contributed by atoms with E-state index >= 15 is 0 Å². The van der Waals surface area contributed by atoms with Gasteiger partial charge < -0.3 is 14.7 Å². The molecule has 0 unspecified atom stereocenters. The van der Waals surface area contributed by atoms with Gasteiger partial charge in [0.05, 0.1) is 12.1 Å². The van der Waals surface area contributed by atoms with Crippen LogP contribution in [0.15, 0.2) is 61.2 Å². The molecule has 1 aromatic heterocycles. The number of hydrogen-bond donors (Lipinski definition) is 1. The topological polar surface area (TPSA) is 51.1 Å². The molecule has 3 rings (SSSR count). The average molecular weight is 366 g/mol.